The highest BCUT2D eigenvalue weighted by Gasteiger charge is 2.45. The van der Waals surface area contributed by atoms with Gasteiger partial charge in [-0.2, -0.15) is 0 Å². The van der Waals surface area contributed by atoms with Crippen LogP contribution in [0.5, 0.6) is 0 Å². The first-order valence-corrected chi connectivity index (χ1v) is 50.4. The molecule has 808 valence electrons. The zero-order valence-electron chi connectivity index (χ0n) is 93.2. The molecule has 2 bridgehead atoms. The number of fused-ring (bicyclic) bond motifs is 2. The first-order valence-electron chi connectivity index (χ1n) is 50.4. The predicted octanol–water partition coefficient (Wildman–Crippen LogP) is 18.9. The second-order valence-corrected chi connectivity index (χ2v) is 48.8. The summed E-state index contributed by atoms with van der Waals surface area (Å²) in [6, 6.07) is 0.0293. The van der Waals surface area contributed by atoms with Gasteiger partial charge < -0.3 is 67.1 Å². The molecule has 36 nitrogen and oxygen atoms in total. The van der Waals surface area contributed by atoms with Crippen molar-refractivity contribution < 1.29 is 129 Å². The molecule has 0 aromatic heterocycles. The summed E-state index contributed by atoms with van der Waals surface area (Å²) in [5.74, 6) is 1.62. The fourth-order valence-electron chi connectivity index (χ4n) is 16.5. The molecule has 0 radical (unpaired) electrons. The van der Waals surface area contributed by atoms with E-state index in [9.17, 15) is 86.3 Å². The maximum atomic E-state index is 11.9. The number of likely N-dealkylation sites (tertiary alicyclic amines) is 8. The molecule has 10 rings (SSSR count). The van der Waals surface area contributed by atoms with Gasteiger partial charge in [0, 0.05) is 188 Å². The number of nitrogens with zero attached hydrogens (tertiary/aromatic N) is 9. The molecule has 36 heteroatoms. The minimum atomic E-state index is -0.520. The van der Waals surface area contributed by atoms with Gasteiger partial charge in [-0.25, -0.2) is 38.4 Å². The lowest BCUT2D eigenvalue weighted by Crippen LogP contribution is -2.54. The fraction of sp³-hybridized carbons (Fsp3) is 0.829. The quantitative estimate of drug-likeness (QED) is 0.183. The number of ether oxygens (including phenoxy) is 9. The number of ketones is 9. The molecular formula is C105H181N9O27. The zero-order chi connectivity index (χ0) is 109. The van der Waals surface area contributed by atoms with Gasteiger partial charge in [0.15, 0.2) is 17.3 Å². The summed E-state index contributed by atoms with van der Waals surface area (Å²) in [6.45, 7) is 73.6. The number of esters is 1. The Morgan fingerprint density at radius 2 is 0.589 bits per heavy atom. The molecule has 0 spiro atoms. The van der Waals surface area contributed by atoms with E-state index < -0.39 is 62.0 Å². The molecule has 10 saturated heterocycles. The molecule has 7 unspecified atom stereocenters. The van der Waals surface area contributed by atoms with Gasteiger partial charge >= 0.3 is 54.7 Å². The van der Waals surface area contributed by atoms with Crippen LogP contribution in [0.25, 0.3) is 0 Å². The van der Waals surface area contributed by atoms with Gasteiger partial charge in [-0.1, -0.05) is 6.42 Å². The standard InChI is InChI=1S/C14H23NO3.3C12H21NO3.5C11H19NO3/c1-14(2,3)18-13(17)9-15-10-5-4-6-11(15)8-12(16)7-10;1-8-6-10(14)7-9(2)13(8)11(15)16-12(3,4)5;1-11(2,3)16-10(15)13-7-6-9(14)8-12(13,4)5;1-11(2,3)16-10(15)13-8-9(14)6-7-12(13,4)5;3*1-8-7-9(13)5-6-12(8)10(14)15-11(2,3)4;1-8-5-6-9(13)7-12(8)10(14)15-11(2,3)4;1-8-9(13)6-5-7-12(8)10(14)15-11(2,3)4/h10-11H,4-9H2,1-3H3;8-9H,6-7H2,1-5H3;2*6-8H2,1-5H3;5*8H,5-7H2,1-4H3/t;;;;2*8-;;;/m....10.../s1. The normalized spacial score (nSPS) is 23.6. The largest absolute Gasteiger partial charge is 0.459 e. The first kappa shape index (κ1) is 128. The second kappa shape index (κ2) is 53.5. The smallest absolute Gasteiger partial charge is 0.411 e. The molecule has 0 aliphatic carbocycles. The summed E-state index contributed by atoms with van der Waals surface area (Å²) in [5.41, 5.74) is -5.09. The van der Waals surface area contributed by atoms with E-state index in [1.165, 1.54) is 21.1 Å². The van der Waals surface area contributed by atoms with Crippen LogP contribution < -0.4 is 0 Å². The highest BCUT2D eigenvalue weighted by Crippen LogP contribution is 2.35. The van der Waals surface area contributed by atoms with Crippen molar-refractivity contribution >= 4 is 107 Å². The van der Waals surface area contributed by atoms with Crippen LogP contribution in [-0.2, 0) is 90.6 Å². The Hall–Kier alpha value is -9.38. The number of rotatable bonds is 2. The maximum absolute atomic E-state index is 11.9. The van der Waals surface area contributed by atoms with Crippen molar-refractivity contribution in [3.05, 3.63) is 0 Å². The minimum absolute atomic E-state index is 0.0406. The van der Waals surface area contributed by atoms with Crippen molar-refractivity contribution in [3.63, 3.8) is 0 Å². The number of amides is 8. The Morgan fingerprint density at radius 3 is 0.943 bits per heavy atom. The zero-order valence-corrected chi connectivity index (χ0v) is 93.2. The summed E-state index contributed by atoms with van der Waals surface area (Å²) in [6.07, 6.45) is 9.94. The van der Waals surface area contributed by atoms with Crippen molar-refractivity contribution in [2.24, 2.45) is 0 Å². The topological polar surface area (TPSA) is 419 Å². The van der Waals surface area contributed by atoms with E-state index in [0.717, 1.165) is 25.7 Å². The number of piperidine rings is 10. The molecule has 8 amide bonds. The van der Waals surface area contributed by atoms with Crippen LogP contribution in [-0.4, -0.2) is 319 Å². The number of carbonyl (C=O) groups excluding carboxylic acids is 18. The minimum Gasteiger partial charge on any atom is -0.459 e. The van der Waals surface area contributed by atoms with Gasteiger partial charge in [-0.05, 0) is 295 Å². The van der Waals surface area contributed by atoms with Gasteiger partial charge in [0.25, 0.3) is 0 Å². The molecule has 10 heterocycles. The van der Waals surface area contributed by atoms with Crippen LogP contribution in [0, 0.1) is 0 Å². The molecular weight excluding hydrogens is 1820 g/mol. The summed E-state index contributed by atoms with van der Waals surface area (Å²) in [5, 5.41) is 0. The summed E-state index contributed by atoms with van der Waals surface area (Å²) in [4.78, 5) is 223. The molecule has 9 atom stereocenters. The number of Topliss-reactive ketones (excluding diaryl/α,β-unsaturated/α-hetero) is 9. The van der Waals surface area contributed by atoms with E-state index in [2.05, 4.69) is 4.90 Å². The van der Waals surface area contributed by atoms with Gasteiger partial charge in [0.1, 0.15) is 85.1 Å². The van der Waals surface area contributed by atoms with Gasteiger partial charge in [-0.15, -0.1) is 0 Å². The number of carbonyl (C=O) groups is 18. The lowest BCUT2D eigenvalue weighted by Gasteiger charge is -2.45. The third-order valence-corrected chi connectivity index (χ3v) is 23.2. The van der Waals surface area contributed by atoms with Crippen molar-refractivity contribution in [1.29, 1.82) is 0 Å². The van der Waals surface area contributed by atoms with Crippen molar-refractivity contribution in [2.45, 2.75) is 514 Å². The molecule has 141 heavy (non-hydrogen) atoms. The van der Waals surface area contributed by atoms with Gasteiger partial charge in [-0.3, -0.25) is 67.5 Å². The van der Waals surface area contributed by atoms with Crippen molar-refractivity contribution in [3.8, 4) is 0 Å². The summed E-state index contributed by atoms with van der Waals surface area (Å²) in [7, 11) is 0. The van der Waals surface area contributed by atoms with Gasteiger partial charge in [0.05, 0.1) is 25.7 Å². The van der Waals surface area contributed by atoms with Crippen LogP contribution in [0.15, 0.2) is 0 Å². The average Bonchev–Trinajstić information content (AvgIpc) is 0.879. The van der Waals surface area contributed by atoms with E-state index in [0.29, 0.717) is 148 Å². The van der Waals surface area contributed by atoms with Crippen LogP contribution in [0.4, 0.5) is 38.4 Å². The van der Waals surface area contributed by atoms with Gasteiger partial charge in [0.2, 0.25) is 0 Å². The number of hydrogen-bond acceptors (Lipinski definition) is 28. The monoisotopic (exact) mass is 2000 g/mol. The van der Waals surface area contributed by atoms with Crippen LogP contribution >= 0.6 is 0 Å². The van der Waals surface area contributed by atoms with Crippen molar-refractivity contribution in [2.75, 3.05) is 52.4 Å². The van der Waals surface area contributed by atoms with E-state index >= 15 is 0 Å². The lowest BCUT2D eigenvalue weighted by atomic mass is 9.84. The molecule has 10 aliphatic heterocycles. The first-order chi connectivity index (χ1) is 63.8. The highest BCUT2D eigenvalue weighted by molar-refractivity contribution is 5.90. The fourth-order valence-corrected chi connectivity index (χ4v) is 16.5. The second-order valence-electron chi connectivity index (χ2n) is 48.8. The predicted molar refractivity (Wildman–Crippen MR) is 535 cm³/mol. The van der Waals surface area contributed by atoms with E-state index in [4.69, 9.17) is 42.6 Å². The van der Waals surface area contributed by atoms with E-state index in [-0.39, 0.29) is 168 Å². The highest BCUT2D eigenvalue weighted by atomic mass is 16.6. The average molecular weight is 2000 g/mol. The molecule has 10 fully saturated rings. The molecule has 0 N–H and O–H groups in total. The summed E-state index contributed by atoms with van der Waals surface area (Å²) >= 11 is 0. The molecule has 0 aromatic rings. The lowest BCUT2D eigenvalue weighted by molar-refractivity contribution is -0.160. The van der Waals surface area contributed by atoms with Crippen LogP contribution in [0.2, 0.25) is 0 Å². The molecule has 0 aromatic carbocycles. The Balaban J connectivity index is 0.000000537. The maximum Gasteiger partial charge on any atom is 0.411 e. The van der Waals surface area contributed by atoms with E-state index in [1.54, 1.807) is 31.4 Å². The van der Waals surface area contributed by atoms with Crippen molar-refractivity contribution in [1.82, 2.24) is 44.1 Å². The molecule has 0 saturated carbocycles. The summed E-state index contributed by atoms with van der Waals surface area (Å²) < 4.78 is 47.6. The Bertz CT molecular complexity index is 4050. The third kappa shape index (κ3) is 50.1. The third-order valence-electron chi connectivity index (χ3n) is 23.2. The molecule has 10 aliphatic rings. The SMILES string of the molecule is CC(C)(C)OC(=O)CN1C2CCCC1CC(=O)C2.CC(C)(C)OC(=O)N1CC(=O)CCC1(C)C.CC(C)(C)OC(=O)N1CCC(=O)CC1(C)C.CC1C(=O)CCCN1C(=O)OC(C)(C)C.CC1CC(=O)CC(C)N1C(=O)OC(C)(C)C.CC1CC(=O)CCN1C(=O)OC(C)(C)C.CC1CCC(=O)CN1C(=O)OC(C)(C)C.C[C@@H]1CC(=O)CCN1C(=O)OC(C)(C)C.C[C@H]1CC(=O)CCN1C(=O)OC(C)(C)C. The Kier molecular flexibility index (Phi) is 48.4. The van der Waals surface area contributed by atoms with E-state index in [1.807, 2.05) is 256 Å². The van der Waals surface area contributed by atoms with Crippen LogP contribution in [0.3, 0.4) is 0 Å². The van der Waals surface area contributed by atoms with Crippen LogP contribution in [0.1, 0.15) is 398 Å². The Labute approximate surface area is 841 Å². The Morgan fingerprint density at radius 1 is 0.277 bits per heavy atom. The number of hydrogen-bond donors (Lipinski definition) is 0.